The Hall–Kier alpha value is -1.32. The second-order valence-electron chi connectivity index (χ2n) is 2.83. The first-order chi connectivity index (χ1) is 5.75. The van der Waals surface area contributed by atoms with Crippen molar-refractivity contribution >= 4 is 5.82 Å². The van der Waals surface area contributed by atoms with Gasteiger partial charge in [-0.2, -0.15) is 9.37 Å². The third kappa shape index (κ3) is 1.47. The molecule has 12 heavy (non-hydrogen) atoms. The number of hydrogen-bond donors (Lipinski definition) is 1. The highest BCUT2D eigenvalue weighted by atomic mass is 19.1. The molecule has 0 spiro atoms. The topological polar surface area (TPSA) is 48.1 Å². The van der Waals surface area contributed by atoms with Gasteiger partial charge >= 0.3 is 0 Å². The maximum atomic E-state index is 12.5. The molecule has 4 heteroatoms. The molecule has 1 fully saturated rings. The van der Waals surface area contributed by atoms with E-state index in [1.54, 1.807) is 0 Å². The first-order valence-corrected chi connectivity index (χ1v) is 3.84. The van der Waals surface area contributed by atoms with E-state index in [2.05, 4.69) is 4.98 Å². The molecular formula is C8H9FN2O. The molecule has 0 saturated heterocycles. The van der Waals surface area contributed by atoms with Crippen LogP contribution < -0.4 is 10.5 Å². The summed E-state index contributed by atoms with van der Waals surface area (Å²) < 4.78 is 17.8. The molecule has 0 unspecified atom stereocenters. The fourth-order valence-electron chi connectivity index (χ4n) is 0.902. The van der Waals surface area contributed by atoms with E-state index in [9.17, 15) is 4.39 Å². The van der Waals surface area contributed by atoms with Gasteiger partial charge in [0.25, 0.3) is 0 Å². The summed E-state index contributed by atoms with van der Waals surface area (Å²) in [6, 6.07) is 2.75. The fourth-order valence-corrected chi connectivity index (χ4v) is 0.902. The van der Waals surface area contributed by atoms with E-state index in [0.29, 0.717) is 5.75 Å². The van der Waals surface area contributed by atoms with Gasteiger partial charge in [-0.05, 0) is 25.0 Å². The van der Waals surface area contributed by atoms with Crippen LogP contribution in [0.4, 0.5) is 10.2 Å². The van der Waals surface area contributed by atoms with Crippen molar-refractivity contribution in [3.8, 4) is 5.75 Å². The minimum absolute atomic E-state index is 0.127. The van der Waals surface area contributed by atoms with Crippen LogP contribution in [0.5, 0.6) is 5.75 Å². The molecule has 0 atom stereocenters. The van der Waals surface area contributed by atoms with Crippen molar-refractivity contribution in [2.24, 2.45) is 0 Å². The smallest absolute Gasteiger partial charge is 0.215 e. The Morgan fingerprint density at radius 2 is 2.25 bits per heavy atom. The summed E-state index contributed by atoms with van der Waals surface area (Å²) in [5, 5.41) is 0. The number of ether oxygens (including phenoxy) is 1. The number of halogens is 1. The van der Waals surface area contributed by atoms with Gasteiger partial charge in [0, 0.05) is 0 Å². The Balaban J connectivity index is 2.18. The molecule has 0 radical (unpaired) electrons. The van der Waals surface area contributed by atoms with Gasteiger partial charge in [-0.3, -0.25) is 0 Å². The molecule has 1 saturated carbocycles. The molecule has 0 amide bonds. The lowest BCUT2D eigenvalue weighted by Gasteiger charge is -2.05. The number of nitrogen functional groups attached to an aromatic ring is 1. The average Bonchev–Trinajstić information content (AvgIpc) is 2.79. The number of nitrogens with zero attached hydrogens (tertiary/aromatic N) is 1. The molecule has 1 aliphatic carbocycles. The highest BCUT2D eigenvalue weighted by Crippen LogP contribution is 2.29. The Kier molecular flexibility index (Phi) is 1.60. The van der Waals surface area contributed by atoms with E-state index >= 15 is 0 Å². The molecule has 64 valence electrons. The largest absolute Gasteiger partial charge is 0.487 e. The van der Waals surface area contributed by atoms with Gasteiger partial charge in [-0.15, -0.1) is 0 Å². The van der Waals surface area contributed by atoms with Gasteiger partial charge in [-0.25, -0.2) is 0 Å². The number of aromatic nitrogens is 1. The minimum Gasteiger partial charge on any atom is -0.487 e. The van der Waals surface area contributed by atoms with E-state index < -0.39 is 5.95 Å². The van der Waals surface area contributed by atoms with Crippen molar-refractivity contribution in [3.05, 3.63) is 18.1 Å². The Bertz CT molecular complexity index is 299. The lowest BCUT2D eigenvalue weighted by molar-refractivity contribution is 0.303. The standard InChI is InChI=1S/C8H9FN2O/c9-7-4-3-6(8(10)11-7)12-5-1-2-5/h3-5H,1-2H2,(H2,10,11). The monoisotopic (exact) mass is 168 g/mol. The molecule has 1 aromatic rings. The Morgan fingerprint density at radius 1 is 1.50 bits per heavy atom. The first kappa shape index (κ1) is 7.34. The number of pyridine rings is 1. The van der Waals surface area contributed by atoms with E-state index in [1.807, 2.05) is 0 Å². The average molecular weight is 168 g/mol. The second kappa shape index (κ2) is 2.62. The molecular weight excluding hydrogens is 159 g/mol. The third-order valence-corrected chi connectivity index (χ3v) is 1.67. The molecule has 0 aromatic carbocycles. The highest BCUT2D eigenvalue weighted by molar-refractivity contribution is 5.45. The first-order valence-electron chi connectivity index (χ1n) is 3.84. The predicted octanol–water partition coefficient (Wildman–Crippen LogP) is 1.34. The molecule has 0 aliphatic heterocycles. The quantitative estimate of drug-likeness (QED) is 0.678. The molecule has 2 rings (SSSR count). The number of hydrogen-bond acceptors (Lipinski definition) is 3. The van der Waals surface area contributed by atoms with Crippen LogP contribution in [0.25, 0.3) is 0 Å². The summed E-state index contributed by atoms with van der Waals surface area (Å²) in [6.07, 6.45) is 2.37. The fraction of sp³-hybridized carbons (Fsp3) is 0.375. The maximum Gasteiger partial charge on any atom is 0.215 e. The number of rotatable bonds is 2. The Labute approximate surface area is 69.4 Å². The van der Waals surface area contributed by atoms with Crippen LogP contribution in [0.1, 0.15) is 12.8 Å². The zero-order chi connectivity index (χ0) is 8.55. The summed E-state index contributed by atoms with van der Waals surface area (Å²) in [5.74, 6) is 0.0384. The van der Waals surface area contributed by atoms with Gasteiger partial charge in [0.15, 0.2) is 11.6 Å². The van der Waals surface area contributed by atoms with Crippen LogP contribution in [-0.4, -0.2) is 11.1 Å². The van der Waals surface area contributed by atoms with Crippen molar-refractivity contribution in [1.29, 1.82) is 0 Å². The van der Waals surface area contributed by atoms with Crippen LogP contribution in [0.2, 0.25) is 0 Å². The van der Waals surface area contributed by atoms with Gasteiger partial charge in [0.05, 0.1) is 6.10 Å². The lowest BCUT2D eigenvalue weighted by atomic mass is 10.4. The number of nitrogens with two attached hydrogens (primary N) is 1. The van der Waals surface area contributed by atoms with Crippen molar-refractivity contribution < 1.29 is 9.13 Å². The number of anilines is 1. The van der Waals surface area contributed by atoms with Crippen LogP contribution in [0.3, 0.4) is 0 Å². The summed E-state index contributed by atoms with van der Waals surface area (Å²) in [6.45, 7) is 0. The molecule has 1 heterocycles. The summed E-state index contributed by atoms with van der Waals surface area (Å²) in [5.41, 5.74) is 5.42. The zero-order valence-corrected chi connectivity index (χ0v) is 6.46. The molecule has 1 aromatic heterocycles. The van der Waals surface area contributed by atoms with Crippen LogP contribution in [0, 0.1) is 5.95 Å². The summed E-state index contributed by atoms with van der Waals surface area (Å²) >= 11 is 0. The maximum absolute atomic E-state index is 12.5. The van der Waals surface area contributed by atoms with Gasteiger partial charge in [-0.1, -0.05) is 0 Å². The molecule has 3 nitrogen and oxygen atoms in total. The van der Waals surface area contributed by atoms with Crippen molar-refractivity contribution in [3.63, 3.8) is 0 Å². The second-order valence-corrected chi connectivity index (χ2v) is 2.83. The van der Waals surface area contributed by atoms with E-state index in [4.69, 9.17) is 10.5 Å². The molecule has 0 bridgehead atoms. The van der Waals surface area contributed by atoms with Gasteiger partial charge in [0.1, 0.15) is 0 Å². The van der Waals surface area contributed by atoms with E-state index in [1.165, 1.54) is 12.1 Å². The normalized spacial score (nSPS) is 16.1. The molecule has 1 aliphatic rings. The lowest BCUT2D eigenvalue weighted by Crippen LogP contribution is -2.02. The van der Waals surface area contributed by atoms with E-state index in [0.717, 1.165) is 12.8 Å². The molecule has 2 N–H and O–H groups in total. The SMILES string of the molecule is Nc1nc(F)ccc1OC1CC1. The summed E-state index contributed by atoms with van der Waals surface area (Å²) in [4.78, 5) is 3.44. The van der Waals surface area contributed by atoms with Gasteiger partial charge in [0.2, 0.25) is 5.95 Å². The van der Waals surface area contributed by atoms with Crippen molar-refractivity contribution in [2.75, 3.05) is 5.73 Å². The summed E-state index contributed by atoms with van der Waals surface area (Å²) in [7, 11) is 0. The third-order valence-electron chi connectivity index (χ3n) is 1.67. The van der Waals surface area contributed by atoms with Crippen LogP contribution in [0.15, 0.2) is 12.1 Å². The Morgan fingerprint density at radius 3 is 2.83 bits per heavy atom. The predicted molar refractivity (Wildman–Crippen MR) is 42.3 cm³/mol. The van der Waals surface area contributed by atoms with Crippen molar-refractivity contribution in [1.82, 2.24) is 4.98 Å². The zero-order valence-electron chi connectivity index (χ0n) is 6.46. The highest BCUT2D eigenvalue weighted by Gasteiger charge is 2.24. The van der Waals surface area contributed by atoms with Crippen LogP contribution >= 0.6 is 0 Å². The van der Waals surface area contributed by atoms with Gasteiger partial charge < -0.3 is 10.5 Å². The van der Waals surface area contributed by atoms with Crippen LogP contribution in [-0.2, 0) is 0 Å². The minimum atomic E-state index is -0.573. The van der Waals surface area contributed by atoms with Crippen molar-refractivity contribution in [2.45, 2.75) is 18.9 Å². The van der Waals surface area contributed by atoms with E-state index in [-0.39, 0.29) is 11.9 Å².